The summed E-state index contributed by atoms with van der Waals surface area (Å²) in [6, 6.07) is 13.6. The minimum atomic E-state index is 0.0110. The number of hydrogen-bond donors (Lipinski definition) is 3. The fourth-order valence-corrected chi connectivity index (χ4v) is 4.24. The summed E-state index contributed by atoms with van der Waals surface area (Å²) in [5.74, 6) is 2.26. The fourth-order valence-electron chi connectivity index (χ4n) is 4.11. The van der Waals surface area contributed by atoms with E-state index in [1.165, 1.54) is 0 Å². The predicted molar refractivity (Wildman–Crippen MR) is 137 cm³/mol. The normalized spacial score (nSPS) is 18.4. The molecule has 2 atom stereocenters. The summed E-state index contributed by atoms with van der Waals surface area (Å²) in [4.78, 5) is 14.0. The van der Waals surface area contributed by atoms with Gasteiger partial charge in [0, 0.05) is 10.4 Å². The van der Waals surface area contributed by atoms with Crippen LogP contribution in [0, 0.1) is 0 Å². The standard InChI is InChI=1S/C25H29ClN6O/c1-2-33-18-12-13-20-19(15-18)24(30-21-5-3-4-6-22(21)31-25(27)28)32-23(29-20)14-9-16-7-10-17(26)11-8-16/h7-15,21-22H,2-6H2,1H3,(H4,27,28,31)(H,29,30,32)/b14-9-. The third kappa shape index (κ3) is 5.93. The van der Waals surface area contributed by atoms with Crippen molar-refractivity contribution in [2.24, 2.45) is 16.5 Å². The number of nitrogens with two attached hydrogens (primary N) is 2. The molecule has 1 saturated carbocycles. The van der Waals surface area contributed by atoms with Gasteiger partial charge in [-0.3, -0.25) is 0 Å². The molecule has 2 aromatic carbocycles. The Morgan fingerprint density at radius 1 is 1.12 bits per heavy atom. The summed E-state index contributed by atoms with van der Waals surface area (Å²) in [7, 11) is 0. The van der Waals surface area contributed by atoms with Gasteiger partial charge in [0.15, 0.2) is 11.8 Å². The lowest BCUT2D eigenvalue weighted by Crippen LogP contribution is -2.38. The van der Waals surface area contributed by atoms with Gasteiger partial charge in [-0.25, -0.2) is 15.0 Å². The van der Waals surface area contributed by atoms with Crippen LogP contribution in [0.3, 0.4) is 0 Å². The number of guanidine groups is 1. The summed E-state index contributed by atoms with van der Waals surface area (Å²) in [6.45, 7) is 2.55. The second-order valence-corrected chi connectivity index (χ2v) is 8.52. The maximum Gasteiger partial charge on any atom is 0.186 e. The molecule has 0 radical (unpaired) electrons. The molecule has 3 aromatic rings. The molecule has 1 aliphatic carbocycles. The minimum Gasteiger partial charge on any atom is -0.494 e. The van der Waals surface area contributed by atoms with E-state index in [9.17, 15) is 0 Å². The SMILES string of the molecule is CCOc1ccc2nc(/C=C\c3ccc(Cl)cc3)nc(NC3CCCCC3N=C(N)N)c2c1. The van der Waals surface area contributed by atoms with E-state index in [1.807, 2.05) is 61.5 Å². The van der Waals surface area contributed by atoms with Crippen molar-refractivity contribution in [3.63, 3.8) is 0 Å². The molecule has 1 heterocycles. The highest BCUT2D eigenvalue weighted by Gasteiger charge is 2.26. The molecule has 4 rings (SSSR count). The Bertz CT molecular complexity index is 1160. The molecule has 1 aliphatic rings. The molecule has 0 aliphatic heterocycles. The Hall–Kier alpha value is -3.32. The molecule has 2 unspecified atom stereocenters. The average Bonchev–Trinajstić information content (AvgIpc) is 2.80. The summed E-state index contributed by atoms with van der Waals surface area (Å²) >= 11 is 5.99. The molecule has 5 N–H and O–H groups in total. The van der Waals surface area contributed by atoms with E-state index >= 15 is 0 Å². The summed E-state index contributed by atoms with van der Waals surface area (Å²) in [6.07, 6.45) is 8.00. The maximum absolute atomic E-state index is 5.99. The van der Waals surface area contributed by atoms with Crippen LogP contribution in [0.5, 0.6) is 5.75 Å². The van der Waals surface area contributed by atoms with Crippen molar-refractivity contribution in [2.45, 2.75) is 44.7 Å². The van der Waals surface area contributed by atoms with Crippen LogP contribution < -0.4 is 21.5 Å². The number of aliphatic imine (C=N–C) groups is 1. The number of hydrogen-bond acceptors (Lipinski definition) is 5. The number of nitrogens with one attached hydrogen (secondary N) is 1. The maximum atomic E-state index is 5.99. The lowest BCUT2D eigenvalue weighted by atomic mass is 9.90. The van der Waals surface area contributed by atoms with Crippen molar-refractivity contribution in [3.05, 3.63) is 58.9 Å². The van der Waals surface area contributed by atoms with Crippen LogP contribution in [0.25, 0.3) is 23.1 Å². The first-order chi connectivity index (χ1) is 16.0. The molecule has 172 valence electrons. The van der Waals surface area contributed by atoms with Crippen molar-refractivity contribution >= 4 is 46.4 Å². The molecule has 0 bridgehead atoms. The van der Waals surface area contributed by atoms with Gasteiger partial charge in [-0.15, -0.1) is 0 Å². The molecule has 0 saturated heterocycles. The molecule has 7 nitrogen and oxygen atoms in total. The number of benzene rings is 2. The van der Waals surface area contributed by atoms with Gasteiger partial charge >= 0.3 is 0 Å². The summed E-state index contributed by atoms with van der Waals surface area (Å²) < 4.78 is 5.71. The van der Waals surface area contributed by atoms with Crippen LogP contribution >= 0.6 is 11.6 Å². The Morgan fingerprint density at radius 2 is 1.91 bits per heavy atom. The van der Waals surface area contributed by atoms with E-state index in [1.54, 1.807) is 0 Å². The minimum absolute atomic E-state index is 0.0110. The van der Waals surface area contributed by atoms with Gasteiger partial charge in [0.2, 0.25) is 0 Å². The number of nitrogens with zero attached hydrogens (tertiary/aromatic N) is 3. The smallest absolute Gasteiger partial charge is 0.186 e. The van der Waals surface area contributed by atoms with Crippen LogP contribution in [0.4, 0.5) is 5.82 Å². The molecule has 0 amide bonds. The zero-order valence-electron chi connectivity index (χ0n) is 18.7. The van der Waals surface area contributed by atoms with Crippen LogP contribution in [0.2, 0.25) is 5.02 Å². The van der Waals surface area contributed by atoms with Gasteiger partial charge in [0.05, 0.1) is 24.2 Å². The first-order valence-electron chi connectivity index (χ1n) is 11.3. The Labute approximate surface area is 198 Å². The van der Waals surface area contributed by atoms with Crippen molar-refractivity contribution in [2.75, 3.05) is 11.9 Å². The number of anilines is 1. The average molecular weight is 465 g/mol. The summed E-state index contributed by atoms with van der Waals surface area (Å²) in [5, 5.41) is 5.22. The monoisotopic (exact) mass is 464 g/mol. The van der Waals surface area contributed by atoms with E-state index < -0.39 is 0 Å². The molecule has 1 aromatic heterocycles. The van der Waals surface area contributed by atoms with Gasteiger partial charge in [0.1, 0.15) is 11.6 Å². The third-order valence-electron chi connectivity index (χ3n) is 5.66. The molecule has 33 heavy (non-hydrogen) atoms. The topological polar surface area (TPSA) is 111 Å². The molecule has 1 fully saturated rings. The van der Waals surface area contributed by atoms with E-state index in [0.717, 1.165) is 53.7 Å². The van der Waals surface area contributed by atoms with Crippen LogP contribution in [0.1, 0.15) is 44.0 Å². The second-order valence-electron chi connectivity index (χ2n) is 8.08. The van der Waals surface area contributed by atoms with Gasteiger partial charge in [-0.05, 0) is 61.7 Å². The zero-order valence-corrected chi connectivity index (χ0v) is 19.4. The highest BCUT2D eigenvalue weighted by Crippen LogP contribution is 2.30. The van der Waals surface area contributed by atoms with Gasteiger partial charge in [0.25, 0.3) is 0 Å². The van der Waals surface area contributed by atoms with Crippen LogP contribution in [0.15, 0.2) is 47.5 Å². The Kier molecular flexibility index (Phi) is 7.29. The fraction of sp³-hybridized carbons (Fsp3) is 0.320. The number of aromatic nitrogens is 2. The van der Waals surface area contributed by atoms with Crippen LogP contribution in [-0.4, -0.2) is 34.6 Å². The van der Waals surface area contributed by atoms with Crippen molar-refractivity contribution in [1.29, 1.82) is 0 Å². The highest BCUT2D eigenvalue weighted by atomic mass is 35.5. The molecular formula is C25H29ClN6O. The summed E-state index contributed by atoms with van der Waals surface area (Å²) in [5.41, 5.74) is 13.2. The molecule has 8 heteroatoms. The Balaban J connectivity index is 1.71. The zero-order chi connectivity index (χ0) is 23.2. The van der Waals surface area contributed by atoms with E-state index in [0.29, 0.717) is 17.5 Å². The van der Waals surface area contributed by atoms with Crippen molar-refractivity contribution in [3.8, 4) is 5.75 Å². The van der Waals surface area contributed by atoms with E-state index in [-0.39, 0.29) is 18.0 Å². The number of halogens is 1. The predicted octanol–water partition coefficient (Wildman–Crippen LogP) is 4.85. The lowest BCUT2D eigenvalue weighted by Gasteiger charge is -2.30. The van der Waals surface area contributed by atoms with Crippen molar-refractivity contribution < 1.29 is 4.74 Å². The quantitative estimate of drug-likeness (QED) is 0.340. The van der Waals surface area contributed by atoms with E-state index in [2.05, 4.69) is 10.3 Å². The number of rotatable bonds is 7. The first kappa shape index (κ1) is 22.9. The van der Waals surface area contributed by atoms with Crippen molar-refractivity contribution in [1.82, 2.24) is 9.97 Å². The third-order valence-corrected chi connectivity index (χ3v) is 5.91. The van der Waals surface area contributed by atoms with E-state index in [4.69, 9.17) is 37.8 Å². The number of ether oxygens (including phenoxy) is 1. The second kappa shape index (κ2) is 10.5. The van der Waals surface area contributed by atoms with Gasteiger partial charge in [-0.1, -0.05) is 42.7 Å². The first-order valence-corrected chi connectivity index (χ1v) is 11.6. The molecule has 0 spiro atoms. The largest absolute Gasteiger partial charge is 0.494 e. The lowest BCUT2D eigenvalue weighted by molar-refractivity contribution is 0.340. The van der Waals surface area contributed by atoms with Gasteiger partial charge in [-0.2, -0.15) is 0 Å². The van der Waals surface area contributed by atoms with Crippen LogP contribution in [-0.2, 0) is 0 Å². The Morgan fingerprint density at radius 3 is 2.67 bits per heavy atom. The molecular weight excluding hydrogens is 436 g/mol. The van der Waals surface area contributed by atoms with Gasteiger partial charge < -0.3 is 21.5 Å². The number of fused-ring (bicyclic) bond motifs is 1. The highest BCUT2D eigenvalue weighted by molar-refractivity contribution is 6.30.